The number of nitrogens with one attached hydrogen (secondary N) is 1. The first kappa shape index (κ1) is 15.1. The first-order chi connectivity index (χ1) is 10.7. The maximum Gasteiger partial charge on any atom is 0.274 e. The molecule has 0 radical (unpaired) electrons. The summed E-state index contributed by atoms with van der Waals surface area (Å²) in [6.45, 7) is 1.11. The molecular formula is C16H22N2O4. The van der Waals surface area contributed by atoms with Gasteiger partial charge in [-0.3, -0.25) is 10.0 Å². The molecule has 1 fully saturated rings. The maximum atomic E-state index is 11.6. The van der Waals surface area contributed by atoms with Crippen molar-refractivity contribution in [3.05, 3.63) is 23.8 Å². The molecule has 0 aromatic heterocycles. The van der Waals surface area contributed by atoms with Gasteiger partial charge in [-0.25, -0.2) is 5.48 Å². The van der Waals surface area contributed by atoms with Crippen LogP contribution in [0.4, 0.5) is 5.69 Å². The molecule has 1 atom stereocenters. The average Bonchev–Trinajstić information content (AvgIpc) is 2.60. The summed E-state index contributed by atoms with van der Waals surface area (Å²) < 4.78 is 5.61. The second-order valence-corrected chi connectivity index (χ2v) is 5.98. The molecule has 1 amide bonds. The van der Waals surface area contributed by atoms with Crippen LogP contribution in [0.2, 0.25) is 0 Å². The molecule has 1 unspecified atom stereocenters. The number of amides is 1. The summed E-state index contributed by atoms with van der Waals surface area (Å²) >= 11 is 0. The fourth-order valence-corrected chi connectivity index (χ4v) is 3.41. The third kappa shape index (κ3) is 2.89. The third-order valence-electron chi connectivity index (χ3n) is 4.61. The lowest BCUT2D eigenvalue weighted by Gasteiger charge is -2.39. The zero-order valence-electron chi connectivity index (χ0n) is 12.5. The molecule has 1 aliphatic heterocycles. The van der Waals surface area contributed by atoms with Gasteiger partial charge in [-0.15, -0.1) is 0 Å². The highest BCUT2D eigenvalue weighted by Crippen LogP contribution is 2.37. The van der Waals surface area contributed by atoms with Gasteiger partial charge >= 0.3 is 0 Å². The minimum atomic E-state index is -0.569. The Bertz CT molecular complexity index is 543. The van der Waals surface area contributed by atoms with Gasteiger partial charge in [0.1, 0.15) is 18.6 Å². The summed E-state index contributed by atoms with van der Waals surface area (Å²) in [4.78, 5) is 13.5. The maximum absolute atomic E-state index is 11.6. The minimum Gasteiger partial charge on any atom is -0.490 e. The quantitative estimate of drug-likeness (QED) is 0.587. The zero-order valence-corrected chi connectivity index (χ0v) is 12.5. The van der Waals surface area contributed by atoms with E-state index in [2.05, 4.69) is 0 Å². The van der Waals surface area contributed by atoms with E-state index in [1.54, 1.807) is 23.7 Å². The molecule has 0 spiro atoms. The van der Waals surface area contributed by atoms with E-state index in [4.69, 9.17) is 9.94 Å². The number of aliphatic hydroxyl groups is 1. The van der Waals surface area contributed by atoms with Gasteiger partial charge in [0.15, 0.2) is 0 Å². The summed E-state index contributed by atoms with van der Waals surface area (Å²) in [6.07, 6.45) is 5.06. The van der Waals surface area contributed by atoms with Gasteiger partial charge in [-0.05, 0) is 31.0 Å². The van der Waals surface area contributed by atoms with Crippen LogP contribution in [0.1, 0.15) is 42.5 Å². The number of aliphatic hydroxyl groups excluding tert-OH is 1. The van der Waals surface area contributed by atoms with Crippen molar-refractivity contribution >= 4 is 11.6 Å². The average molecular weight is 306 g/mol. The van der Waals surface area contributed by atoms with Crippen molar-refractivity contribution in [1.82, 2.24) is 5.48 Å². The second-order valence-electron chi connectivity index (χ2n) is 5.98. The predicted molar refractivity (Wildman–Crippen MR) is 81.1 cm³/mol. The van der Waals surface area contributed by atoms with E-state index in [1.165, 1.54) is 6.42 Å². The fraction of sp³-hybridized carbons (Fsp3) is 0.562. The van der Waals surface area contributed by atoms with Gasteiger partial charge in [0.2, 0.25) is 0 Å². The number of nitrogens with zero attached hydrogens (tertiary/aromatic N) is 1. The number of carbonyl (C=O) groups excluding carboxylic acids is 1. The summed E-state index contributed by atoms with van der Waals surface area (Å²) in [6, 6.07) is 4.96. The smallest absolute Gasteiger partial charge is 0.274 e. The van der Waals surface area contributed by atoms with Crippen LogP contribution in [0.5, 0.6) is 5.75 Å². The molecule has 1 heterocycles. The number of rotatable bonds is 3. The summed E-state index contributed by atoms with van der Waals surface area (Å²) in [5.74, 6) is 0.353. The number of anilines is 1. The molecule has 1 aromatic rings. The lowest BCUT2D eigenvalue weighted by Crippen LogP contribution is -2.45. The van der Waals surface area contributed by atoms with Crippen LogP contribution in [0.15, 0.2) is 18.2 Å². The first-order valence-electron chi connectivity index (χ1n) is 7.86. The Morgan fingerprint density at radius 3 is 2.82 bits per heavy atom. The molecule has 3 rings (SSSR count). The van der Waals surface area contributed by atoms with Crippen LogP contribution in [0, 0.1) is 5.92 Å². The fourth-order valence-electron chi connectivity index (χ4n) is 3.41. The Kier molecular flexibility index (Phi) is 4.49. The number of hydrogen-bond acceptors (Lipinski definition) is 5. The molecule has 2 aliphatic rings. The van der Waals surface area contributed by atoms with Crippen molar-refractivity contribution in [2.24, 2.45) is 5.92 Å². The van der Waals surface area contributed by atoms with Crippen molar-refractivity contribution < 1.29 is 19.8 Å². The largest absolute Gasteiger partial charge is 0.490 e. The van der Waals surface area contributed by atoms with E-state index in [0.717, 1.165) is 25.7 Å². The summed E-state index contributed by atoms with van der Waals surface area (Å²) in [5, 5.41) is 19.5. The van der Waals surface area contributed by atoms with E-state index >= 15 is 0 Å². The van der Waals surface area contributed by atoms with E-state index in [-0.39, 0.29) is 5.92 Å². The molecule has 1 aliphatic carbocycles. The molecular weight excluding hydrogens is 284 g/mol. The van der Waals surface area contributed by atoms with E-state index in [1.807, 2.05) is 4.90 Å². The Hall–Kier alpha value is -1.79. The van der Waals surface area contributed by atoms with Crippen LogP contribution in [0.25, 0.3) is 0 Å². The van der Waals surface area contributed by atoms with E-state index < -0.39 is 12.1 Å². The summed E-state index contributed by atoms with van der Waals surface area (Å²) in [5.41, 5.74) is 2.69. The molecule has 120 valence electrons. The lowest BCUT2D eigenvalue weighted by molar-refractivity contribution is 0.0701. The van der Waals surface area contributed by atoms with E-state index in [9.17, 15) is 9.90 Å². The van der Waals surface area contributed by atoms with Crippen LogP contribution < -0.4 is 15.1 Å². The first-order valence-corrected chi connectivity index (χ1v) is 7.86. The Labute approximate surface area is 129 Å². The van der Waals surface area contributed by atoms with Crippen LogP contribution in [0.3, 0.4) is 0 Å². The molecule has 0 saturated heterocycles. The van der Waals surface area contributed by atoms with Crippen molar-refractivity contribution in [2.75, 3.05) is 18.1 Å². The molecule has 22 heavy (non-hydrogen) atoms. The normalized spacial score (nSPS) is 20.0. The van der Waals surface area contributed by atoms with Gasteiger partial charge < -0.3 is 14.7 Å². The third-order valence-corrected chi connectivity index (χ3v) is 4.61. The Morgan fingerprint density at radius 2 is 2.09 bits per heavy atom. The highest BCUT2D eigenvalue weighted by Gasteiger charge is 2.31. The molecule has 0 bridgehead atoms. The standard InChI is InChI=1S/C16H22N2O4/c19-15(17-21)12-6-7-14-13(10-12)18(8-9-22-14)16(20)11-4-2-1-3-5-11/h6-7,10-11,16,20-21H,1-5,8-9H2,(H,17,19). The van der Waals surface area contributed by atoms with Crippen molar-refractivity contribution in [3.63, 3.8) is 0 Å². The van der Waals surface area contributed by atoms with Crippen LogP contribution in [-0.2, 0) is 0 Å². The van der Waals surface area contributed by atoms with Crippen LogP contribution in [-0.4, -0.2) is 35.6 Å². The number of hydrogen-bond donors (Lipinski definition) is 3. The Balaban J connectivity index is 1.86. The minimum absolute atomic E-state index is 0.259. The van der Waals surface area contributed by atoms with Gasteiger partial charge in [0.25, 0.3) is 5.91 Å². The van der Waals surface area contributed by atoms with Crippen molar-refractivity contribution in [3.8, 4) is 5.75 Å². The van der Waals surface area contributed by atoms with Gasteiger partial charge in [-0.1, -0.05) is 19.3 Å². The highest BCUT2D eigenvalue weighted by molar-refractivity contribution is 5.95. The number of carbonyl (C=O) groups is 1. The molecule has 3 N–H and O–H groups in total. The molecule has 1 saturated carbocycles. The second kappa shape index (κ2) is 6.54. The molecule has 6 nitrogen and oxygen atoms in total. The monoisotopic (exact) mass is 306 g/mol. The predicted octanol–water partition coefficient (Wildman–Crippen LogP) is 1.90. The Morgan fingerprint density at radius 1 is 1.32 bits per heavy atom. The van der Waals surface area contributed by atoms with Crippen LogP contribution >= 0.6 is 0 Å². The lowest BCUT2D eigenvalue weighted by atomic mass is 9.87. The number of benzene rings is 1. The number of fused-ring (bicyclic) bond motifs is 1. The topological polar surface area (TPSA) is 82.0 Å². The number of hydroxylamine groups is 1. The van der Waals surface area contributed by atoms with E-state index in [0.29, 0.717) is 30.2 Å². The SMILES string of the molecule is O=C(NO)c1ccc2c(c1)N(C(O)C1CCCCC1)CCO2. The summed E-state index contributed by atoms with van der Waals surface area (Å²) in [7, 11) is 0. The number of ether oxygens (including phenoxy) is 1. The molecule has 1 aromatic carbocycles. The highest BCUT2D eigenvalue weighted by atomic mass is 16.5. The zero-order chi connectivity index (χ0) is 15.5. The van der Waals surface area contributed by atoms with Gasteiger partial charge in [-0.2, -0.15) is 0 Å². The van der Waals surface area contributed by atoms with Gasteiger partial charge in [0, 0.05) is 11.5 Å². The van der Waals surface area contributed by atoms with Crippen molar-refractivity contribution in [1.29, 1.82) is 0 Å². The molecule has 6 heteroatoms. The van der Waals surface area contributed by atoms with Gasteiger partial charge in [0.05, 0.1) is 12.2 Å². The van der Waals surface area contributed by atoms with Crippen molar-refractivity contribution in [2.45, 2.75) is 38.3 Å².